The molecule has 0 spiro atoms. The predicted octanol–water partition coefficient (Wildman–Crippen LogP) is 3.20. The minimum Gasteiger partial charge on any atom is -0.385 e. The van der Waals surface area contributed by atoms with Crippen molar-refractivity contribution < 1.29 is 6.22 Å². The standard InChI is InChI=1S/C12H17NO.H2/c1-4-13-11-7-5-10(6-8-11)12(14)9(2)3;/h5-9,13H,4H2,1-3H3;1H. The van der Waals surface area contributed by atoms with Gasteiger partial charge in [-0.25, -0.2) is 0 Å². The molecule has 0 fully saturated rings. The second-order valence-corrected chi connectivity index (χ2v) is 3.63. The Morgan fingerprint density at radius 1 is 1.36 bits per heavy atom. The summed E-state index contributed by atoms with van der Waals surface area (Å²) in [4.78, 5) is 11.6. The molecule has 0 aliphatic heterocycles. The predicted molar refractivity (Wildman–Crippen MR) is 61.9 cm³/mol. The number of Topliss-reactive ketones (excluding diaryl/α,β-unsaturated/α-hetero) is 1. The molecule has 0 aromatic heterocycles. The lowest BCUT2D eigenvalue weighted by Gasteiger charge is -2.06. The molecule has 0 saturated heterocycles. The zero-order valence-corrected chi connectivity index (χ0v) is 9.00. The first-order chi connectivity index (χ1) is 6.65. The van der Waals surface area contributed by atoms with Crippen molar-refractivity contribution in [2.75, 3.05) is 11.9 Å². The summed E-state index contributed by atoms with van der Waals surface area (Å²) < 4.78 is 0. The van der Waals surface area contributed by atoms with Gasteiger partial charge in [0.05, 0.1) is 0 Å². The first-order valence-corrected chi connectivity index (χ1v) is 5.03. The van der Waals surface area contributed by atoms with Gasteiger partial charge in [0.1, 0.15) is 0 Å². The maximum Gasteiger partial charge on any atom is 0.165 e. The minimum absolute atomic E-state index is 0. The van der Waals surface area contributed by atoms with Gasteiger partial charge < -0.3 is 5.32 Å². The monoisotopic (exact) mass is 193 g/mol. The first-order valence-electron chi connectivity index (χ1n) is 5.03. The average molecular weight is 193 g/mol. The van der Waals surface area contributed by atoms with E-state index in [2.05, 4.69) is 5.32 Å². The van der Waals surface area contributed by atoms with E-state index in [1.54, 1.807) is 0 Å². The van der Waals surface area contributed by atoms with E-state index in [0.29, 0.717) is 0 Å². The molecule has 1 aromatic carbocycles. The van der Waals surface area contributed by atoms with E-state index in [-0.39, 0.29) is 13.1 Å². The van der Waals surface area contributed by atoms with Crippen LogP contribution in [0.4, 0.5) is 5.69 Å². The van der Waals surface area contributed by atoms with E-state index in [0.717, 1.165) is 17.8 Å². The van der Waals surface area contributed by atoms with Gasteiger partial charge in [0.25, 0.3) is 0 Å². The van der Waals surface area contributed by atoms with E-state index in [4.69, 9.17) is 0 Å². The Hall–Kier alpha value is -1.31. The van der Waals surface area contributed by atoms with Crippen molar-refractivity contribution >= 4 is 11.5 Å². The third kappa shape index (κ3) is 2.59. The summed E-state index contributed by atoms with van der Waals surface area (Å²) in [5.41, 5.74) is 1.86. The van der Waals surface area contributed by atoms with Gasteiger partial charge in [-0.15, -0.1) is 0 Å². The van der Waals surface area contributed by atoms with Crippen LogP contribution in [0, 0.1) is 5.92 Å². The molecular formula is C12H19NO. The number of carbonyl (C=O) groups is 1. The zero-order valence-electron chi connectivity index (χ0n) is 9.00. The molecule has 2 nitrogen and oxygen atoms in total. The SMILES string of the molecule is CCNc1ccc(C(=O)C(C)C)cc1.[HH]. The number of nitrogens with one attached hydrogen (secondary N) is 1. The second-order valence-electron chi connectivity index (χ2n) is 3.63. The van der Waals surface area contributed by atoms with Crippen LogP contribution >= 0.6 is 0 Å². The Morgan fingerprint density at radius 3 is 2.36 bits per heavy atom. The molecule has 0 aliphatic carbocycles. The van der Waals surface area contributed by atoms with E-state index in [1.165, 1.54) is 0 Å². The summed E-state index contributed by atoms with van der Waals surface area (Å²) in [6.45, 7) is 6.78. The fraction of sp³-hybridized carbons (Fsp3) is 0.417. The van der Waals surface area contributed by atoms with Gasteiger partial charge in [-0.1, -0.05) is 13.8 Å². The highest BCUT2D eigenvalue weighted by atomic mass is 16.1. The van der Waals surface area contributed by atoms with Gasteiger partial charge in [0, 0.05) is 25.1 Å². The third-order valence-corrected chi connectivity index (χ3v) is 2.07. The molecule has 0 saturated carbocycles. The lowest BCUT2D eigenvalue weighted by molar-refractivity contribution is 0.0939. The molecule has 1 rings (SSSR count). The Morgan fingerprint density at radius 2 is 1.93 bits per heavy atom. The van der Waals surface area contributed by atoms with Crippen LogP contribution in [-0.2, 0) is 0 Å². The Labute approximate surface area is 86.8 Å². The summed E-state index contributed by atoms with van der Waals surface area (Å²) in [5, 5.41) is 3.19. The van der Waals surface area contributed by atoms with Gasteiger partial charge in [-0.3, -0.25) is 4.79 Å². The molecule has 0 heterocycles. The topological polar surface area (TPSA) is 29.1 Å². The molecular weight excluding hydrogens is 174 g/mol. The van der Waals surface area contributed by atoms with E-state index in [1.807, 2.05) is 45.0 Å². The van der Waals surface area contributed by atoms with Crippen LogP contribution in [0.15, 0.2) is 24.3 Å². The average Bonchev–Trinajstić information content (AvgIpc) is 2.18. The number of hydrogen-bond donors (Lipinski definition) is 1. The van der Waals surface area contributed by atoms with Crippen LogP contribution in [0.5, 0.6) is 0 Å². The van der Waals surface area contributed by atoms with Crippen molar-refractivity contribution in [3.63, 3.8) is 0 Å². The lowest BCUT2D eigenvalue weighted by Crippen LogP contribution is -2.07. The molecule has 1 aromatic rings. The zero-order chi connectivity index (χ0) is 10.6. The van der Waals surface area contributed by atoms with Gasteiger partial charge in [-0.2, -0.15) is 0 Å². The maximum absolute atomic E-state index is 11.6. The van der Waals surface area contributed by atoms with Gasteiger partial charge in [0.15, 0.2) is 5.78 Å². The minimum atomic E-state index is 0. The van der Waals surface area contributed by atoms with E-state index >= 15 is 0 Å². The molecule has 0 unspecified atom stereocenters. The van der Waals surface area contributed by atoms with E-state index < -0.39 is 0 Å². The Balaban J connectivity index is 0.00000196. The molecule has 0 bridgehead atoms. The third-order valence-electron chi connectivity index (χ3n) is 2.07. The van der Waals surface area contributed by atoms with Crippen LogP contribution in [-0.4, -0.2) is 12.3 Å². The molecule has 0 radical (unpaired) electrons. The number of benzene rings is 1. The number of hydrogen-bond acceptors (Lipinski definition) is 2. The normalized spacial score (nSPS) is 10.3. The smallest absolute Gasteiger partial charge is 0.165 e. The maximum atomic E-state index is 11.6. The Bertz CT molecular complexity index is 306. The Kier molecular flexibility index (Phi) is 3.69. The van der Waals surface area contributed by atoms with Gasteiger partial charge in [-0.05, 0) is 31.2 Å². The number of carbonyl (C=O) groups excluding carboxylic acids is 1. The molecule has 14 heavy (non-hydrogen) atoms. The molecule has 2 heteroatoms. The largest absolute Gasteiger partial charge is 0.385 e. The van der Waals surface area contributed by atoms with Crippen molar-refractivity contribution in [3.8, 4) is 0 Å². The molecule has 78 valence electrons. The number of rotatable bonds is 4. The van der Waals surface area contributed by atoms with Crippen LogP contribution in [0.2, 0.25) is 0 Å². The first kappa shape index (κ1) is 10.8. The highest BCUT2D eigenvalue weighted by Crippen LogP contribution is 2.12. The second kappa shape index (κ2) is 4.80. The van der Waals surface area contributed by atoms with Crippen LogP contribution in [0.1, 0.15) is 32.6 Å². The summed E-state index contributed by atoms with van der Waals surface area (Å²) in [7, 11) is 0. The molecule has 0 amide bonds. The van der Waals surface area contributed by atoms with Gasteiger partial charge >= 0.3 is 0 Å². The summed E-state index contributed by atoms with van der Waals surface area (Å²) in [6, 6.07) is 7.64. The fourth-order valence-corrected chi connectivity index (χ4v) is 1.29. The molecule has 1 N–H and O–H groups in total. The van der Waals surface area contributed by atoms with Crippen molar-refractivity contribution in [1.29, 1.82) is 0 Å². The number of anilines is 1. The van der Waals surface area contributed by atoms with Gasteiger partial charge in [0.2, 0.25) is 0 Å². The van der Waals surface area contributed by atoms with Crippen molar-refractivity contribution in [3.05, 3.63) is 29.8 Å². The highest BCUT2D eigenvalue weighted by molar-refractivity contribution is 5.97. The molecule has 0 atom stereocenters. The van der Waals surface area contributed by atoms with Crippen LogP contribution < -0.4 is 5.32 Å². The van der Waals surface area contributed by atoms with Crippen LogP contribution in [0.3, 0.4) is 0 Å². The van der Waals surface area contributed by atoms with E-state index in [9.17, 15) is 4.79 Å². The fourth-order valence-electron chi connectivity index (χ4n) is 1.29. The summed E-state index contributed by atoms with van der Waals surface area (Å²) >= 11 is 0. The van der Waals surface area contributed by atoms with Crippen molar-refractivity contribution in [2.45, 2.75) is 20.8 Å². The highest BCUT2D eigenvalue weighted by Gasteiger charge is 2.09. The van der Waals surface area contributed by atoms with Crippen molar-refractivity contribution in [1.82, 2.24) is 0 Å². The van der Waals surface area contributed by atoms with Crippen molar-refractivity contribution in [2.24, 2.45) is 5.92 Å². The molecule has 0 aliphatic rings. The summed E-state index contributed by atoms with van der Waals surface area (Å²) in [5.74, 6) is 0.271. The van der Waals surface area contributed by atoms with Crippen LogP contribution in [0.25, 0.3) is 0 Å². The lowest BCUT2D eigenvalue weighted by atomic mass is 10.0. The quantitative estimate of drug-likeness (QED) is 0.744. The number of ketones is 1. The summed E-state index contributed by atoms with van der Waals surface area (Å²) in [6.07, 6.45) is 0.